The Bertz CT molecular complexity index is 1850. The van der Waals surface area contributed by atoms with Crippen LogP contribution in [0.5, 0.6) is 0 Å². The zero-order valence-corrected chi connectivity index (χ0v) is 36.7. The number of aromatic amines is 1. The SMILES string of the molecule is CC[C@H](C)[C@H](NC(=O)[C@H](CCCCN)NC(=O)[C@H](CC(C)C)NC(=O)[C@@H](NC(=O)[C@@H](N)CC(=O)O)[C@@H](C)O)C(=O)N[C@H](C(=O)N[C@@H](Cc1c[nH]c2ccccc12)C(=O)O)C(C)C. The maximum atomic E-state index is 14.0. The molecule has 0 spiro atoms. The molecule has 62 heavy (non-hydrogen) atoms. The van der Waals surface area contributed by atoms with Gasteiger partial charge in [-0.2, -0.15) is 0 Å². The van der Waals surface area contributed by atoms with E-state index in [-0.39, 0.29) is 31.7 Å². The molecule has 20 nitrogen and oxygen atoms in total. The van der Waals surface area contributed by atoms with Gasteiger partial charge in [0.15, 0.2) is 0 Å². The fraction of sp³-hybridized carbons (Fsp3) is 0.619. The second-order valence-electron chi connectivity index (χ2n) is 16.5. The average molecular weight is 874 g/mol. The first-order chi connectivity index (χ1) is 29.1. The first-order valence-corrected chi connectivity index (χ1v) is 21.1. The highest BCUT2D eigenvalue weighted by Gasteiger charge is 2.36. The Labute approximate surface area is 361 Å². The van der Waals surface area contributed by atoms with Gasteiger partial charge < -0.3 is 63.7 Å². The van der Waals surface area contributed by atoms with Gasteiger partial charge in [0.1, 0.15) is 36.3 Å². The number of aliphatic carboxylic acids is 2. The molecule has 14 N–H and O–H groups in total. The number of rotatable bonds is 27. The number of H-pyrrole nitrogens is 1. The number of hydrogen-bond donors (Lipinski definition) is 12. The third kappa shape index (κ3) is 16.4. The molecule has 0 aliphatic carbocycles. The van der Waals surface area contributed by atoms with Crippen LogP contribution in [0.3, 0.4) is 0 Å². The van der Waals surface area contributed by atoms with Crippen LogP contribution < -0.4 is 43.4 Å². The molecule has 1 aromatic carbocycles. The molecule has 20 heteroatoms. The number of carboxylic acids is 2. The lowest BCUT2D eigenvalue weighted by molar-refractivity contribution is -0.142. The van der Waals surface area contributed by atoms with Gasteiger partial charge in [0.25, 0.3) is 0 Å². The van der Waals surface area contributed by atoms with Crippen molar-refractivity contribution in [3.63, 3.8) is 0 Å². The average Bonchev–Trinajstić information content (AvgIpc) is 3.61. The van der Waals surface area contributed by atoms with Gasteiger partial charge in [0, 0.05) is 23.5 Å². The summed E-state index contributed by atoms with van der Waals surface area (Å²) in [5, 5.41) is 45.6. The number of carbonyl (C=O) groups excluding carboxylic acids is 6. The fourth-order valence-electron chi connectivity index (χ4n) is 6.66. The Morgan fingerprint density at radius 1 is 0.694 bits per heavy atom. The van der Waals surface area contributed by atoms with Gasteiger partial charge in [-0.15, -0.1) is 0 Å². The molecule has 9 atom stereocenters. The third-order valence-electron chi connectivity index (χ3n) is 10.5. The highest BCUT2D eigenvalue weighted by molar-refractivity contribution is 5.97. The number of hydrogen-bond acceptors (Lipinski definition) is 11. The van der Waals surface area contributed by atoms with E-state index in [1.807, 2.05) is 24.3 Å². The minimum Gasteiger partial charge on any atom is -0.481 e. The van der Waals surface area contributed by atoms with Crippen LogP contribution in [0.1, 0.15) is 92.6 Å². The summed E-state index contributed by atoms with van der Waals surface area (Å²) in [5.74, 6) is -8.73. The van der Waals surface area contributed by atoms with Crippen molar-refractivity contribution in [3.05, 3.63) is 36.0 Å². The number of para-hydroxylation sites is 1. The first-order valence-electron chi connectivity index (χ1n) is 21.1. The lowest BCUT2D eigenvalue weighted by Crippen LogP contribution is -2.62. The summed E-state index contributed by atoms with van der Waals surface area (Å²) >= 11 is 0. The van der Waals surface area contributed by atoms with Gasteiger partial charge in [0.2, 0.25) is 35.4 Å². The van der Waals surface area contributed by atoms with Crippen molar-refractivity contribution in [1.82, 2.24) is 36.9 Å². The molecule has 0 bridgehead atoms. The standard InChI is InChI=1S/C42H67N9O11/c1-8-23(6)34(40(59)49-33(22(4)5)39(58)48-31(42(61)62)18-25-20-45-28-14-10-9-13-26(25)28)50-37(56)29(15-11-12-16-43)46-38(57)30(17-21(2)3)47-41(60)35(24(7)52)51-36(55)27(44)19-32(53)54/h9-10,13-14,20-24,27,29-31,33-35,45,52H,8,11-12,15-19,43-44H2,1-7H3,(H,46,57)(H,47,60)(H,48,58)(H,49,59)(H,50,56)(H,51,55)(H,53,54)(H,61,62)/t23-,24+,27-,29-,30-,31-,33-,34-,35-/m0/s1. The topological polar surface area (TPSA) is 337 Å². The number of nitrogens with one attached hydrogen (secondary N) is 7. The van der Waals surface area contributed by atoms with E-state index < -0.39 is 114 Å². The van der Waals surface area contributed by atoms with E-state index in [0.29, 0.717) is 24.8 Å². The molecular weight excluding hydrogens is 807 g/mol. The predicted molar refractivity (Wildman–Crippen MR) is 230 cm³/mol. The third-order valence-corrected chi connectivity index (χ3v) is 10.5. The van der Waals surface area contributed by atoms with Gasteiger partial charge in [0.05, 0.1) is 18.6 Å². The van der Waals surface area contributed by atoms with Crippen molar-refractivity contribution in [3.8, 4) is 0 Å². The smallest absolute Gasteiger partial charge is 0.326 e. The molecule has 0 unspecified atom stereocenters. The summed E-state index contributed by atoms with van der Waals surface area (Å²) in [7, 11) is 0. The largest absolute Gasteiger partial charge is 0.481 e. The Balaban J connectivity index is 2.31. The minimum atomic E-state index is -1.62. The number of aliphatic hydroxyl groups excluding tert-OH is 1. The lowest BCUT2D eigenvalue weighted by atomic mass is 9.95. The van der Waals surface area contributed by atoms with Crippen LogP contribution in [0.2, 0.25) is 0 Å². The monoisotopic (exact) mass is 873 g/mol. The molecule has 346 valence electrons. The number of aliphatic hydroxyl groups is 1. The van der Waals surface area contributed by atoms with E-state index in [1.165, 1.54) is 6.92 Å². The van der Waals surface area contributed by atoms with Gasteiger partial charge in [-0.1, -0.05) is 66.2 Å². The van der Waals surface area contributed by atoms with Crippen LogP contribution in [-0.4, -0.2) is 123 Å². The molecule has 0 radical (unpaired) electrons. The molecule has 2 aromatic rings. The highest BCUT2D eigenvalue weighted by atomic mass is 16.4. The van der Waals surface area contributed by atoms with E-state index in [4.69, 9.17) is 16.6 Å². The molecule has 0 aliphatic heterocycles. The Morgan fingerprint density at radius 3 is 1.81 bits per heavy atom. The van der Waals surface area contributed by atoms with Gasteiger partial charge >= 0.3 is 11.9 Å². The van der Waals surface area contributed by atoms with Crippen LogP contribution in [0.15, 0.2) is 30.5 Å². The molecule has 0 aliphatic rings. The number of fused-ring (bicyclic) bond motifs is 1. The Morgan fingerprint density at radius 2 is 1.24 bits per heavy atom. The first kappa shape index (κ1) is 52.5. The molecule has 1 aromatic heterocycles. The second kappa shape index (κ2) is 25.4. The number of nitrogens with two attached hydrogens (primary N) is 2. The van der Waals surface area contributed by atoms with E-state index >= 15 is 0 Å². The summed E-state index contributed by atoms with van der Waals surface area (Å²) < 4.78 is 0. The molecule has 0 saturated heterocycles. The van der Waals surface area contributed by atoms with Crippen molar-refractivity contribution < 1.29 is 53.7 Å². The van der Waals surface area contributed by atoms with E-state index in [9.17, 15) is 48.6 Å². The summed E-state index contributed by atoms with van der Waals surface area (Å²) in [6.07, 6.45) is 0.874. The maximum absolute atomic E-state index is 14.0. The molecule has 0 fully saturated rings. The van der Waals surface area contributed by atoms with Crippen molar-refractivity contribution in [2.45, 2.75) is 142 Å². The Kier molecular flexibility index (Phi) is 21.5. The van der Waals surface area contributed by atoms with Crippen LogP contribution >= 0.6 is 0 Å². The van der Waals surface area contributed by atoms with Crippen molar-refractivity contribution in [2.75, 3.05) is 6.54 Å². The lowest BCUT2D eigenvalue weighted by Gasteiger charge is -2.30. The van der Waals surface area contributed by atoms with Crippen LogP contribution in [-0.2, 0) is 44.8 Å². The second-order valence-corrected chi connectivity index (χ2v) is 16.5. The Hall–Kier alpha value is -5.60. The molecule has 6 amide bonds. The normalized spacial score (nSPS) is 15.8. The molecular formula is C42H67N9O11. The highest BCUT2D eigenvalue weighted by Crippen LogP contribution is 2.20. The number of benzene rings is 1. The van der Waals surface area contributed by atoms with Gasteiger partial charge in [-0.3, -0.25) is 33.6 Å². The molecule has 0 saturated carbocycles. The zero-order valence-electron chi connectivity index (χ0n) is 36.7. The molecule has 2 rings (SSSR count). The molecule has 1 heterocycles. The van der Waals surface area contributed by atoms with Crippen molar-refractivity contribution in [1.29, 1.82) is 0 Å². The number of aromatic nitrogens is 1. The van der Waals surface area contributed by atoms with Gasteiger partial charge in [-0.05, 0) is 68.5 Å². The van der Waals surface area contributed by atoms with E-state index in [2.05, 4.69) is 36.9 Å². The van der Waals surface area contributed by atoms with Crippen LogP contribution in [0, 0.1) is 17.8 Å². The van der Waals surface area contributed by atoms with Crippen molar-refractivity contribution in [2.24, 2.45) is 29.2 Å². The van der Waals surface area contributed by atoms with E-state index in [0.717, 1.165) is 10.9 Å². The zero-order chi connectivity index (χ0) is 46.8. The fourth-order valence-corrected chi connectivity index (χ4v) is 6.66. The van der Waals surface area contributed by atoms with Crippen LogP contribution in [0.4, 0.5) is 0 Å². The summed E-state index contributed by atoms with van der Waals surface area (Å²) in [5.41, 5.74) is 12.8. The summed E-state index contributed by atoms with van der Waals surface area (Å²) in [6, 6.07) is -2.04. The van der Waals surface area contributed by atoms with E-state index in [1.54, 1.807) is 47.7 Å². The number of amides is 6. The summed E-state index contributed by atoms with van der Waals surface area (Å²) in [6.45, 7) is 11.9. The number of carbonyl (C=O) groups is 8. The quantitative estimate of drug-likeness (QED) is 0.0517. The predicted octanol–water partition coefficient (Wildman–Crippen LogP) is -0.236. The minimum absolute atomic E-state index is 0.0324. The number of carboxylic acid groups (broad SMARTS) is 2. The van der Waals surface area contributed by atoms with Crippen LogP contribution in [0.25, 0.3) is 10.9 Å². The number of unbranched alkanes of at least 4 members (excludes halogenated alkanes) is 1. The maximum Gasteiger partial charge on any atom is 0.326 e. The van der Waals surface area contributed by atoms with Gasteiger partial charge in [-0.25, -0.2) is 4.79 Å². The van der Waals surface area contributed by atoms with Crippen molar-refractivity contribution >= 4 is 58.3 Å². The summed E-state index contributed by atoms with van der Waals surface area (Å²) in [4.78, 5) is 108.